The fourth-order valence-corrected chi connectivity index (χ4v) is 2.68. The first-order chi connectivity index (χ1) is 10.4. The summed E-state index contributed by atoms with van der Waals surface area (Å²) in [6.45, 7) is 7.97. The van der Waals surface area contributed by atoms with Gasteiger partial charge in [0.25, 0.3) is 0 Å². The number of hydrogen-bond acceptors (Lipinski definition) is 3. The highest BCUT2D eigenvalue weighted by atomic mass is 16.3. The summed E-state index contributed by atoms with van der Waals surface area (Å²) in [5.74, 6) is 0.577. The SMILES string of the molecule is Cc1cnc(CC(C)(O)c2nc3ccccc3[nH]2)c(C)c1C. The van der Waals surface area contributed by atoms with E-state index in [2.05, 4.69) is 35.7 Å². The van der Waals surface area contributed by atoms with Gasteiger partial charge in [-0.3, -0.25) is 4.98 Å². The highest BCUT2D eigenvalue weighted by Crippen LogP contribution is 2.27. The summed E-state index contributed by atoms with van der Waals surface area (Å²) in [4.78, 5) is 12.2. The van der Waals surface area contributed by atoms with E-state index in [1.807, 2.05) is 30.5 Å². The number of aromatic amines is 1. The number of aliphatic hydroxyl groups is 1. The fourth-order valence-electron chi connectivity index (χ4n) is 2.68. The number of benzene rings is 1. The molecule has 0 amide bonds. The molecule has 0 radical (unpaired) electrons. The van der Waals surface area contributed by atoms with E-state index in [4.69, 9.17) is 0 Å². The molecule has 1 atom stereocenters. The monoisotopic (exact) mass is 295 g/mol. The number of hydrogen-bond donors (Lipinski definition) is 2. The zero-order valence-corrected chi connectivity index (χ0v) is 13.4. The number of para-hydroxylation sites is 2. The first-order valence-corrected chi connectivity index (χ1v) is 7.48. The van der Waals surface area contributed by atoms with Crippen molar-refractivity contribution in [3.63, 3.8) is 0 Å². The molecule has 0 aliphatic carbocycles. The Balaban J connectivity index is 1.98. The van der Waals surface area contributed by atoms with Crippen LogP contribution in [0.2, 0.25) is 0 Å². The van der Waals surface area contributed by atoms with Crippen molar-refractivity contribution in [2.45, 2.75) is 39.7 Å². The molecule has 0 aliphatic rings. The molecule has 4 nitrogen and oxygen atoms in total. The summed E-state index contributed by atoms with van der Waals surface area (Å²) in [6.07, 6.45) is 2.30. The maximum absolute atomic E-state index is 10.9. The van der Waals surface area contributed by atoms with Crippen LogP contribution in [0.5, 0.6) is 0 Å². The minimum absolute atomic E-state index is 0.430. The number of fused-ring (bicyclic) bond motifs is 1. The summed E-state index contributed by atoms with van der Waals surface area (Å²) in [5, 5.41) is 10.9. The second-order valence-electron chi connectivity index (χ2n) is 6.19. The third kappa shape index (κ3) is 2.50. The lowest BCUT2D eigenvalue weighted by Crippen LogP contribution is -2.27. The molecule has 114 valence electrons. The van der Waals surface area contributed by atoms with Crippen LogP contribution in [0, 0.1) is 20.8 Å². The molecule has 1 aromatic carbocycles. The smallest absolute Gasteiger partial charge is 0.139 e. The van der Waals surface area contributed by atoms with E-state index in [-0.39, 0.29) is 0 Å². The molecule has 1 unspecified atom stereocenters. The van der Waals surface area contributed by atoms with Crippen LogP contribution in [0.4, 0.5) is 0 Å². The van der Waals surface area contributed by atoms with Gasteiger partial charge in [0.15, 0.2) is 0 Å². The van der Waals surface area contributed by atoms with Gasteiger partial charge in [0.2, 0.25) is 0 Å². The van der Waals surface area contributed by atoms with Gasteiger partial charge in [-0.25, -0.2) is 4.98 Å². The van der Waals surface area contributed by atoms with E-state index in [1.165, 1.54) is 11.1 Å². The van der Waals surface area contributed by atoms with Crippen molar-refractivity contribution in [2.24, 2.45) is 0 Å². The third-order valence-corrected chi connectivity index (χ3v) is 4.41. The molecule has 2 heterocycles. The first-order valence-electron chi connectivity index (χ1n) is 7.48. The van der Waals surface area contributed by atoms with Crippen molar-refractivity contribution in [2.75, 3.05) is 0 Å². The van der Waals surface area contributed by atoms with E-state index >= 15 is 0 Å². The summed E-state index contributed by atoms with van der Waals surface area (Å²) in [5.41, 5.74) is 5.16. The van der Waals surface area contributed by atoms with Gasteiger partial charge in [-0.1, -0.05) is 12.1 Å². The molecule has 0 saturated carbocycles. The Bertz CT molecular complexity index is 800. The number of aromatic nitrogens is 3. The number of imidazole rings is 1. The number of nitrogens with one attached hydrogen (secondary N) is 1. The molecule has 0 fully saturated rings. The molecule has 3 rings (SSSR count). The van der Waals surface area contributed by atoms with Crippen LogP contribution in [0.1, 0.15) is 35.1 Å². The van der Waals surface area contributed by atoms with Crippen LogP contribution < -0.4 is 0 Å². The molecule has 2 aromatic heterocycles. The number of aryl methyl sites for hydroxylation is 1. The maximum Gasteiger partial charge on any atom is 0.139 e. The molecule has 2 N–H and O–H groups in total. The Morgan fingerprint density at radius 3 is 2.59 bits per heavy atom. The predicted molar refractivity (Wildman–Crippen MR) is 87.8 cm³/mol. The molecular formula is C18H21N3O. The third-order valence-electron chi connectivity index (χ3n) is 4.41. The van der Waals surface area contributed by atoms with Crippen LogP contribution in [0.25, 0.3) is 11.0 Å². The van der Waals surface area contributed by atoms with Crippen LogP contribution >= 0.6 is 0 Å². The van der Waals surface area contributed by atoms with Gasteiger partial charge >= 0.3 is 0 Å². The molecular weight excluding hydrogens is 274 g/mol. The van der Waals surface area contributed by atoms with Gasteiger partial charge in [0, 0.05) is 18.3 Å². The molecule has 0 spiro atoms. The zero-order valence-electron chi connectivity index (χ0n) is 13.4. The zero-order chi connectivity index (χ0) is 15.9. The van der Waals surface area contributed by atoms with E-state index in [1.54, 1.807) is 6.92 Å². The predicted octanol–water partition coefficient (Wildman–Crippen LogP) is 3.33. The highest BCUT2D eigenvalue weighted by Gasteiger charge is 2.29. The fraction of sp³-hybridized carbons (Fsp3) is 0.333. The summed E-state index contributed by atoms with van der Waals surface area (Å²) in [7, 11) is 0. The Morgan fingerprint density at radius 1 is 1.14 bits per heavy atom. The van der Waals surface area contributed by atoms with Crippen LogP contribution in [-0.4, -0.2) is 20.1 Å². The van der Waals surface area contributed by atoms with E-state index < -0.39 is 5.60 Å². The minimum atomic E-state index is -1.08. The summed E-state index contributed by atoms with van der Waals surface area (Å²) >= 11 is 0. The molecule has 3 aromatic rings. The van der Waals surface area contributed by atoms with Crippen molar-refractivity contribution in [3.05, 3.63) is 58.7 Å². The van der Waals surface area contributed by atoms with Gasteiger partial charge in [0.1, 0.15) is 11.4 Å². The lowest BCUT2D eigenvalue weighted by atomic mass is 9.94. The second kappa shape index (κ2) is 5.21. The van der Waals surface area contributed by atoms with Crippen molar-refractivity contribution in [1.29, 1.82) is 0 Å². The van der Waals surface area contributed by atoms with Gasteiger partial charge in [0.05, 0.1) is 11.0 Å². The summed E-state index contributed by atoms with van der Waals surface area (Å²) < 4.78 is 0. The van der Waals surface area contributed by atoms with Gasteiger partial charge in [-0.05, 0) is 56.5 Å². The van der Waals surface area contributed by atoms with Crippen molar-refractivity contribution in [1.82, 2.24) is 15.0 Å². The van der Waals surface area contributed by atoms with Gasteiger partial charge in [-0.2, -0.15) is 0 Å². The topological polar surface area (TPSA) is 61.8 Å². The highest BCUT2D eigenvalue weighted by molar-refractivity contribution is 5.74. The van der Waals surface area contributed by atoms with E-state index in [9.17, 15) is 5.11 Å². The first kappa shape index (κ1) is 14.7. The standard InChI is InChI=1S/C18H21N3O/c1-11-10-19-16(13(3)12(11)2)9-18(4,22)17-20-14-7-5-6-8-15(14)21-17/h5-8,10,22H,9H2,1-4H3,(H,20,21). The average molecular weight is 295 g/mol. The van der Waals surface area contributed by atoms with Crippen LogP contribution in [0.15, 0.2) is 30.5 Å². The van der Waals surface area contributed by atoms with Crippen LogP contribution in [0.3, 0.4) is 0 Å². The van der Waals surface area contributed by atoms with Crippen molar-refractivity contribution < 1.29 is 5.11 Å². The van der Waals surface area contributed by atoms with E-state index in [0.29, 0.717) is 12.2 Å². The summed E-state index contributed by atoms with van der Waals surface area (Å²) in [6, 6.07) is 7.79. The number of rotatable bonds is 3. The average Bonchev–Trinajstić information content (AvgIpc) is 2.93. The lowest BCUT2D eigenvalue weighted by Gasteiger charge is -2.22. The molecule has 0 bridgehead atoms. The Morgan fingerprint density at radius 2 is 1.86 bits per heavy atom. The van der Waals surface area contributed by atoms with Crippen molar-refractivity contribution >= 4 is 11.0 Å². The molecule has 0 aliphatic heterocycles. The largest absolute Gasteiger partial charge is 0.382 e. The van der Waals surface area contributed by atoms with Crippen molar-refractivity contribution in [3.8, 4) is 0 Å². The molecule has 4 heteroatoms. The van der Waals surface area contributed by atoms with Gasteiger partial charge in [-0.15, -0.1) is 0 Å². The number of pyridine rings is 1. The maximum atomic E-state index is 10.9. The normalized spacial score (nSPS) is 14.2. The van der Waals surface area contributed by atoms with E-state index in [0.717, 1.165) is 22.3 Å². The molecule has 22 heavy (non-hydrogen) atoms. The molecule has 0 saturated heterocycles. The second-order valence-corrected chi connectivity index (χ2v) is 6.19. The number of nitrogens with zero attached hydrogens (tertiary/aromatic N) is 2. The quantitative estimate of drug-likeness (QED) is 0.779. The lowest BCUT2D eigenvalue weighted by molar-refractivity contribution is 0.0481. The van der Waals surface area contributed by atoms with Gasteiger partial charge < -0.3 is 10.1 Å². The van der Waals surface area contributed by atoms with Crippen LogP contribution in [-0.2, 0) is 12.0 Å². The number of H-pyrrole nitrogens is 1. The Labute approximate surface area is 130 Å². The Kier molecular flexibility index (Phi) is 3.49. The minimum Gasteiger partial charge on any atom is -0.382 e. The Hall–Kier alpha value is -2.20.